The molecule has 98 valence electrons. The fourth-order valence-electron chi connectivity index (χ4n) is 2.17. The van der Waals surface area contributed by atoms with E-state index in [9.17, 15) is 4.79 Å². The lowest BCUT2D eigenvalue weighted by atomic mass is 10.2. The number of hydrogen-bond acceptors (Lipinski definition) is 4. The van der Waals surface area contributed by atoms with Crippen molar-refractivity contribution >= 4 is 23.0 Å². The van der Waals surface area contributed by atoms with E-state index in [2.05, 4.69) is 22.2 Å². The third-order valence-corrected chi connectivity index (χ3v) is 3.19. The molecule has 1 saturated heterocycles. The van der Waals surface area contributed by atoms with Crippen molar-refractivity contribution in [3.05, 3.63) is 18.2 Å². The van der Waals surface area contributed by atoms with Crippen LogP contribution >= 0.6 is 0 Å². The van der Waals surface area contributed by atoms with Gasteiger partial charge in [-0.1, -0.05) is 0 Å². The molecule has 0 aromatic heterocycles. The van der Waals surface area contributed by atoms with E-state index in [1.807, 2.05) is 18.2 Å². The number of nitrogens with two attached hydrogens (primary N) is 1. The molecule has 1 amide bonds. The van der Waals surface area contributed by atoms with E-state index in [4.69, 9.17) is 5.73 Å². The summed E-state index contributed by atoms with van der Waals surface area (Å²) in [7, 11) is 2.13. The Hall–Kier alpha value is -1.75. The van der Waals surface area contributed by atoms with Gasteiger partial charge in [-0.3, -0.25) is 4.79 Å². The molecule has 0 atom stereocenters. The van der Waals surface area contributed by atoms with Crippen LogP contribution in [-0.2, 0) is 4.79 Å². The highest BCUT2D eigenvalue weighted by molar-refractivity contribution is 5.90. The molecule has 1 aromatic carbocycles. The standard InChI is InChI=1S/C13H20N4O/c1-10(18)15-11-3-4-13(12(14)9-11)17-7-5-16(2)6-8-17/h3-4,9H,5-8,14H2,1-2H3,(H,15,18). The molecule has 1 fully saturated rings. The third kappa shape index (κ3) is 2.92. The molecule has 1 aliphatic heterocycles. The van der Waals surface area contributed by atoms with Gasteiger partial charge in [0.05, 0.1) is 11.4 Å². The van der Waals surface area contributed by atoms with E-state index in [0.29, 0.717) is 5.69 Å². The fourth-order valence-corrected chi connectivity index (χ4v) is 2.17. The number of nitrogens with one attached hydrogen (secondary N) is 1. The van der Waals surface area contributed by atoms with Crippen LogP contribution < -0.4 is 16.0 Å². The van der Waals surface area contributed by atoms with Crippen molar-refractivity contribution in [3.63, 3.8) is 0 Å². The average Bonchev–Trinajstić information content (AvgIpc) is 2.30. The topological polar surface area (TPSA) is 61.6 Å². The first-order chi connectivity index (χ1) is 8.56. The predicted molar refractivity (Wildman–Crippen MR) is 74.9 cm³/mol. The number of piperazine rings is 1. The Morgan fingerprint density at radius 3 is 2.50 bits per heavy atom. The van der Waals surface area contributed by atoms with Gasteiger partial charge >= 0.3 is 0 Å². The number of benzene rings is 1. The van der Waals surface area contributed by atoms with Gasteiger partial charge in [0, 0.05) is 38.8 Å². The second-order valence-electron chi connectivity index (χ2n) is 4.75. The summed E-state index contributed by atoms with van der Waals surface area (Å²) in [6, 6.07) is 5.69. The Morgan fingerprint density at radius 1 is 1.28 bits per heavy atom. The minimum atomic E-state index is -0.0817. The highest BCUT2D eigenvalue weighted by Crippen LogP contribution is 2.27. The number of anilines is 3. The Bertz CT molecular complexity index is 439. The van der Waals surface area contributed by atoms with Crippen molar-refractivity contribution in [1.82, 2.24) is 4.90 Å². The van der Waals surface area contributed by atoms with Crippen LogP contribution in [0.15, 0.2) is 18.2 Å². The number of amides is 1. The fraction of sp³-hybridized carbons (Fsp3) is 0.462. The molecule has 18 heavy (non-hydrogen) atoms. The van der Waals surface area contributed by atoms with Crippen LogP contribution in [0, 0.1) is 0 Å². The second kappa shape index (κ2) is 5.27. The van der Waals surface area contributed by atoms with Gasteiger partial charge in [0.25, 0.3) is 0 Å². The first-order valence-electron chi connectivity index (χ1n) is 6.17. The van der Waals surface area contributed by atoms with E-state index in [1.165, 1.54) is 6.92 Å². The third-order valence-electron chi connectivity index (χ3n) is 3.19. The minimum absolute atomic E-state index is 0.0817. The second-order valence-corrected chi connectivity index (χ2v) is 4.75. The maximum atomic E-state index is 11.0. The number of carbonyl (C=O) groups excluding carboxylic acids is 1. The Labute approximate surface area is 108 Å². The number of hydrogen-bond donors (Lipinski definition) is 2. The first kappa shape index (κ1) is 12.7. The minimum Gasteiger partial charge on any atom is -0.397 e. The number of nitrogens with zero attached hydrogens (tertiary/aromatic N) is 2. The molecule has 1 aliphatic rings. The summed E-state index contributed by atoms with van der Waals surface area (Å²) in [6.07, 6.45) is 0. The quantitative estimate of drug-likeness (QED) is 0.766. The van der Waals surface area contributed by atoms with Gasteiger partial charge in [-0.25, -0.2) is 0 Å². The predicted octanol–water partition coefficient (Wildman–Crippen LogP) is 0.979. The molecule has 5 nitrogen and oxygen atoms in total. The summed E-state index contributed by atoms with van der Waals surface area (Å²) < 4.78 is 0. The lowest BCUT2D eigenvalue weighted by Gasteiger charge is -2.34. The van der Waals surface area contributed by atoms with E-state index in [-0.39, 0.29) is 5.91 Å². The smallest absolute Gasteiger partial charge is 0.221 e. The lowest BCUT2D eigenvalue weighted by Crippen LogP contribution is -2.44. The zero-order valence-electron chi connectivity index (χ0n) is 10.9. The van der Waals surface area contributed by atoms with Gasteiger partial charge in [-0.15, -0.1) is 0 Å². The van der Waals surface area contributed by atoms with Gasteiger partial charge in [-0.2, -0.15) is 0 Å². The van der Waals surface area contributed by atoms with Crippen molar-refractivity contribution in [2.45, 2.75) is 6.92 Å². The summed E-state index contributed by atoms with van der Waals surface area (Å²) >= 11 is 0. The normalized spacial score (nSPS) is 16.7. The van der Waals surface area contributed by atoms with Crippen LogP contribution in [0.2, 0.25) is 0 Å². The maximum absolute atomic E-state index is 11.0. The van der Waals surface area contributed by atoms with Gasteiger partial charge < -0.3 is 20.9 Å². The SMILES string of the molecule is CC(=O)Nc1ccc(N2CCN(C)CC2)c(N)c1. The molecule has 0 spiro atoms. The summed E-state index contributed by atoms with van der Waals surface area (Å²) in [6.45, 7) is 5.56. The zero-order valence-corrected chi connectivity index (χ0v) is 10.9. The van der Waals surface area contributed by atoms with Crippen LogP contribution in [-0.4, -0.2) is 44.0 Å². The van der Waals surface area contributed by atoms with Crippen LogP contribution in [0.25, 0.3) is 0 Å². The van der Waals surface area contributed by atoms with Crippen molar-refractivity contribution in [2.24, 2.45) is 0 Å². The van der Waals surface area contributed by atoms with Crippen LogP contribution in [0.5, 0.6) is 0 Å². The molecule has 1 heterocycles. The Morgan fingerprint density at radius 2 is 1.94 bits per heavy atom. The number of likely N-dealkylation sites (N-methyl/N-ethyl adjacent to an activating group) is 1. The molecule has 0 aliphatic carbocycles. The number of rotatable bonds is 2. The van der Waals surface area contributed by atoms with Gasteiger partial charge in [0.15, 0.2) is 0 Å². The molecule has 0 saturated carbocycles. The van der Waals surface area contributed by atoms with Crippen LogP contribution in [0.3, 0.4) is 0 Å². The van der Waals surface area contributed by atoms with Crippen molar-refractivity contribution in [3.8, 4) is 0 Å². The van der Waals surface area contributed by atoms with Gasteiger partial charge in [0.2, 0.25) is 5.91 Å². The zero-order chi connectivity index (χ0) is 13.1. The first-order valence-corrected chi connectivity index (χ1v) is 6.17. The molecular weight excluding hydrogens is 228 g/mol. The largest absolute Gasteiger partial charge is 0.397 e. The Kier molecular flexibility index (Phi) is 3.72. The van der Waals surface area contributed by atoms with E-state index in [0.717, 1.165) is 37.6 Å². The molecule has 5 heteroatoms. The lowest BCUT2D eigenvalue weighted by molar-refractivity contribution is -0.114. The molecule has 3 N–H and O–H groups in total. The molecule has 1 aromatic rings. The molecule has 2 rings (SSSR count). The van der Waals surface area contributed by atoms with Crippen LogP contribution in [0.1, 0.15) is 6.92 Å². The number of nitrogen functional groups attached to an aromatic ring is 1. The number of carbonyl (C=O) groups is 1. The van der Waals surface area contributed by atoms with Gasteiger partial charge in [-0.05, 0) is 25.2 Å². The molecular formula is C13H20N4O. The molecule has 0 radical (unpaired) electrons. The van der Waals surface area contributed by atoms with Crippen molar-refractivity contribution < 1.29 is 4.79 Å². The highest BCUT2D eigenvalue weighted by Gasteiger charge is 2.16. The highest BCUT2D eigenvalue weighted by atomic mass is 16.1. The van der Waals surface area contributed by atoms with Crippen molar-refractivity contribution in [2.75, 3.05) is 49.2 Å². The van der Waals surface area contributed by atoms with E-state index >= 15 is 0 Å². The van der Waals surface area contributed by atoms with Crippen molar-refractivity contribution in [1.29, 1.82) is 0 Å². The average molecular weight is 248 g/mol. The maximum Gasteiger partial charge on any atom is 0.221 e. The summed E-state index contributed by atoms with van der Waals surface area (Å²) in [5.74, 6) is -0.0817. The van der Waals surface area contributed by atoms with Gasteiger partial charge in [0.1, 0.15) is 0 Å². The van der Waals surface area contributed by atoms with E-state index < -0.39 is 0 Å². The summed E-state index contributed by atoms with van der Waals surface area (Å²) in [5, 5.41) is 2.74. The molecule has 0 unspecified atom stereocenters. The van der Waals surface area contributed by atoms with Crippen LogP contribution in [0.4, 0.5) is 17.1 Å². The Balaban J connectivity index is 2.12. The molecule has 0 bridgehead atoms. The van der Waals surface area contributed by atoms with E-state index in [1.54, 1.807) is 0 Å². The summed E-state index contributed by atoms with van der Waals surface area (Å²) in [5.41, 5.74) is 8.57. The monoisotopic (exact) mass is 248 g/mol. The summed E-state index contributed by atoms with van der Waals surface area (Å²) in [4.78, 5) is 15.6.